The van der Waals surface area contributed by atoms with Crippen LogP contribution in [0.1, 0.15) is 10.4 Å². The largest absolute Gasteiger partial charge is 0.507 e. The minimum atomic E-state index is -0.635. The third kappa shape index (κ3) is 4.31. The van der Waals surface area contributed by atoms with Gasteiger partial charge in [-0.3, -0.25) is 9.79 Å². The molecule has 1 aromatic carbocycles. The average molecular weight is 290 g/mol. The molecule has 0 fully saturated rings. The lowest BCUT2D eigenvalue weighted by atomic mass is 10.1. The van der Waals surface area contributed by atoms with Gasteiger partial charge >= 0.3 is 0 Å². The van der Waals surface area contributed by atoms with Crippen molar-refractivity contribution in [3.63, 3.8) is 0 Å². The summed E-state index contributed by atoms with van der Waals surface area (Å²) in [5.41, 5.74) is 6.08. The van der Waals surface area contributed by atoms with Gasteiger partial charge in [0.15, 0.2) is 0 Å². The van der Waals surface area contributed by atoms with Gasteiger partial charge in [-0.1, -0.05) is 0 Å². The Bertz CT molecular complexity index is 647. The fraction of sp³-hybridized carbons (Fsp3) is 0.214. The van der Waals surface area contributed by atoms with E-state index in [0.717, 1.165) is 12.1 Å². The number of benzene rings is 1. The number of halogens is 1. The van der Waals surface area contributed by atoms with Crippen molar-refractivity contribution in [3.8, 4) is 11.8 Å². The molecule has 0 aliphatic heterocycles. The zero-order valence-corrected chi connectivity index (χ0v) is 11.7. The van der Waals surface area contributed by atoms with Crippen LogP contribution in [0.25, 0.3) is 0 Å². The number of allylic oxidation sites excluding steroid dienone is 1. The molecule has 1 rings (SSSR count). The van der Waals surface area contributed by atoms with Gasteiger partial charge in [0, 0.05) is 25.9 Å². The number of carbonyl (C=O) groups excluding carboxylic acids is 1. The molecular formula is C14H15FN4O2. The summed E-state index contributed by atoms with van der Waals surface area (Å²) in [4.78, 5) is 17.0. The molecule has 0 saturated carbocycles. The van der Waals surface area contributed by atoms with Crippen LogP contribution in [-0.4, -0.2) is 42.3 Å². The van der Waals surface area contributed by atoms with Gasteiger partial charge in [0.2, 0.25) is 0 Å². The Morgan fingerprint density at radius 2 is 2.29 bits per heavy atom. The molecule has 0 aliphatic rings. The van der Waals surface area contributed by atoms with E-state index >= 15 is 0 Å². The second-order valence-corrected chi connectivity index (χ2v) is 4.26. The van der Waals surface area contributed by atoms with E-state index in [0.29, 0.717) is 0 Å². The lowest BCUT2D eigenvalue weighted by Crippen LogP contribution is -2.31. The first-order chi connectivity index (χ1) is 9.88. The van der Waals surface area contributed by atoms with Crippen LogP contribution in [0, 0.1) is 17.1 Å². The van der Waals surface area contributed by atoms with Crippen molar-refractivity contribution in [1.82, 2.24) is 4.90 Å². The van der Waals surface area contributed by atoms with E-state index in [-0.39, 0.29) is 23.5 Å². The molecule has 1 aromatic rings. The number of rotatable bonds is 4. The van der Waals surface area contributed by atoms with Gasteiger partial charge in [-0.2, -0.15) is 5.26 Å². The Hall–Kier alpha value is -2.88. The molecule has 7 heteroatoms. The molecule has 0 saturated heterocycles. The summed E-state index contributed by atoms with van der Waals surface area (Å²) in [6.45, 7) is 0.0380. The monoisotopic (exact) mass is 290 g/mol. The molecule has 0 radical (unpaired) electrons. The smallest absolute Gasteiger partial charge is 0.257 e. The van der Waals surface area contributed by atoms with Gasteiger partial charge in [-0.15, -0.1) is 0 Å². The van der Waals surface area contributed by atoms with E-state index in [1.165, 1.54) is 31.1 Å². The number of aromatic hydroxyl groups is 1. The Kier molecular flexibility index (Phi) is 5.43. The van der Waals surface area contributed by atoms with E-state index < -0.39 is 17.5 Å². The second kappa shape index (κ2) is 7.05. The summed E-state index contributed by atoms with van der Waals surface area (Å²) >= 11 is 0. The number of carbonyl (C=O) groups is 1. The molecule has 0 aromatic heterocycles. The molecule has 0 unspecified atom stereocenters. The summed E-state index contributed by atoms with van der Waals surface area (Å²) in [5, 5.41) is 18.3. The molecular weight excluding hydrogens is 275 g/mol. The predicted molar refractivity (Wildman–Crippen MR) is 76.3 cm³/mol. The van der Waals surface area contributed by atoms with Gasteiger partial charge in [-0.25, -0.2) is 4.39 Å². The van der Waals surface area contributed by atoms with Crippen LogP contribution >= 0.6 is 0 Å². The Morgan fingerprint density at radius 3 is 2.81 bits per heavy atom. The Balaban J connectivity index is 2.87. The molecule has 0 bridgehead atoms. The number of likely N-dealkylation sites (N-methyl/N-ethyl adjacent to an activating group) is 1. The third-order valence-corrected chi connectivity index (χ3v) is 2.63. The Morgan fingerprint density at radius 1 is 1.62 bits per heavy atom. The summed E-state index contributed by atoms with van der Waals surface area (Å²) in [6.07, 6.45) is 1.36. The van der Waals surface area contributed by atoms with Gasteiger partial charge in [0.25, 0.3) is 5.91 Å². The van der Waals surface area contributed by atoms with Gasteiger partial charge in [-0.05, 0) is 18.2 Å². The van der Waals surface area contributed by atoms with E-state index in [9.17, 15) is 14.3 Å². The normalized spacial score (nSPS) is 11.9. The first-order valence-electron chi connectivity index (χ1n) is 5.96. The highest BCUT2D eigenvalue weighted by Gasteiger charge is 2.16. The zero-order valence-electron chi connectivity index (χ0n) is 11.7. The van der Waals surface area contributed by atoms with E-state index in [2.05, 4.69) is 4.99 Å². The maximum Gasteiger partial charge on any atom is 0.257 e. The van der Waals surface area contributed by atoms with Crippen molar-refractivity contribution in [3.05, 3.63) is 41.4 Å². The van der Waals surface area contributed by atoms with Gasteiger partial charge in [0.1, 0.15) is 23.3 Å². The summed E-state index contributed by atoms with van der Waals surface area (Å²) in [6, 6.07) is 4.97. The topological polar surface area (TPSA) is 103 Å². The quantitative estimate of drug-likeness (QED) is 0.809. The number of amides is 1. The maximum atomic E-state index is 12.9. The lowest BCUT2D eigenvalue weighted by molar-refractivity contribution is 0.0803. The average Bonchev–Trinajstić information content (AvgIpc) is 2.44. The van der Waals surface area contributed by atoms with Crippen LogP contribution in [-0.2, 0) is 0 Å². The number of aliphatic imine (C=N–C) groups is 1. The predicted octanol–water partition coefficient (Wildman–Crippen LogP) is 1.04. The minimum absolute atomic E-state index is 0.0311. The fourth-order valence-electron chi connectivity index (χ4n) is 1.61. The molecule has 1 amide bonds. The summed E-state index contributed by atoms with van der Waals surface area (Å²) in [5.74, 6) is -1.60. The highest BCUT2D eigenvalue weighted by molar-refractivity contribution is 6.07. The highest BCUT2D eigenvalue weighted by Crippen LogP contribution is 2.19. The van der Waals surface area contributed by atoms with Crippen LogP contribution in [0.2, 0.25) is 0 Å². The number of nitrogens with zero attached hydrogens (tertiary/aromatic N) is 3. The Labute approximate surface area is 121 Å². The van der Waals surface area contributed by atoms with Crippen molar-refractivity contribution in [1.29, 1.82) is 5.26 Å². The first-order valence-corrected chi connectivity index (χ1v) is 5.96. The molecule has 6 nitrogen and oxygen atoms in total. The zero-order chi connectivity index (χ0) is 16.0. The lowest BCUT2D eigenvalue weighted by Gasteiger charge is -2.18. The third-order valence-electron chi connectivity index (χ3n) is 2.63. The van der Waals surface area contributed by atoms with Crippen LogP contribution in [0.3, 0.4) is 0 Å². The maximum absolute atomic E-state index is 12.9. The van der Waals surface area contributed by atoms with E-state index in [1.54, 1.807) is 0 Å². The number of nitriles is 1. The van der Waals surface area contributed by atoms with Crippen molar-refractivity contribution in [2.45, 2.75) is 0 Å². The number of phenolic OH excluding ortho intramolecular Hbond substituents is 1. The highest BCUT2D eigenvalue weighted by atomic mass is 19.1. The van der Waals surface area contributed by atoms with E-state index in [4.69, 9.17) is 11.0 Å². The van der Waals surface area contributed by atoms with Crippen LogP contribution in [0.5, 0.6) is 5.75 Å². The first kappa shape index (κ1) is 16.2. The molecule has 0 atom stereocenters. The fourth-order valence-corrected chi connectivity index (χ4v) is 1.61. The number of nitrogens with two attached hydrogens (primary N) is 1. The second-order valence-electron chi connectivity index (χ2n) is 4.26. The SMILES string of the molecule is CN=C(C#N)/C=C(\N)CN(C)C(=O)c1ccc(F)cc1O. The molecule has 0 heterocycles. The molecule has 3 N–H and O–H groups in total. The summed E-state index contributed by atoms with van der Waals surface area (Å²) in [7, 11) is 2.93. The van der Waals surface area contributed by atoms with Crippen LogP contribution in [0.15, 0.2) is 35.0 Å². The molecule has 110 valence electrons. The van der Waals surface area contributed by atoms with Crippen LogP contribution < -0.4 is 5.73 Å². The van der Waals surface area contributed by atoms with Gasteiger partial charge in [0.05, 0.1) is 12.1 Å². The molecule has 0 spiro atoms. The standard InChI is InChI=1S/C14H15FN4O2/c1-18-11(7-16)6-10(17)8-19(2)14(21)12-4-3-9(15)5-13(12)20/h3-6,20H,8,17H2,1-2H3/b10-6-,18-11?. The number of hydrogen-bond donors (Lipinski definition) is 2. The van der Waals surface area contributed by atoms with Crippen molar-refractivity contribution in [2.75, 3.05) is 20.6 Å². The molecule has 21 heavy (non-hydrogen) atoms. The number of phenols is 1. The van der Waals surface area contributed by atoms with Crippen molar-refractivity contribution in [2.24, 2.45) is 10.7 Å². The number of hydrogen-bond acceptors (Lipinski definition) is 5. The van der Waals surface area contributed by atoms with E-state index in [1.807, 2.05) is 6.07 Å². The van der Waals surface area contributed by atoms with Gasteiger partial charge < -0.3 is 15.7 Å². The van der Waals surface area contributed by atoms with Crippen molar-refractivity contribution < 1.29 is 14.3 Å². The summed E-state index contributed by atoms with van der Waals surface area (Å²) < 4.78 is 12.9. The molecule has 0 aliphatic carbocycles. The van der Waals surface area contributed by atoms with Crippen LogP contribution in [0.4, 0.5) is 4.39 Å². The van der Waals surface area contributed by atoms with Crippen molar-refractivity contribution >= 4 is 11.6 Å². The minimum Gasteiger partial charge on any atom is -0.507 e.